The molecule has 0 aliphatic carbocycles. The standard InChI is InChI=1S/C16H19FN2O3S/c1-16(21,12-5-8-23-10-12)11-19-15(20)18-6-7-22-14-4-2-3-13(17)9-14/h2-5,8-10,21H,6-7,11H2,1H3,(H2,18,19,20)/t16-/m1/s1. The molecule has 2 aromatic rings. The van der Waals surface area contributed by atoms with Crippen molar-refractivity contribution in [3.05, 3.63) is 52.5 Å². The lowest BCUT2D eigenvalue weighted by molar-refractivity contribution is 0.0598. The van der Waals surface area contributed by atoms with Crippen LogP contribution in [0.1, 0.15) is 12.5 Å². The van der Waals surface area contributed by atoms with E-state index in [2.05, 4.69) is 10.6 Å². The number of ether oxygens (including phenoxy) is 1. The molecule has 0 aliphatic heterocycles. The number of rotatable bonds is 7. The highest BCUT2D eigenvalue weighted by Gasteiger charge is 2.23. The minimum Gasteiger partial charge on any atom is -0.492 e. The SMILES string of the molecule is C[C@@](O)(CNC(=O)NCCOc1cccc(F)c1)c1ccsc1. The van der Waals surface area contributed by atoms with E-state index >= 15 is 0 Å². The number of carbonyl (C=O) groups excluding carboxylic acids is 1. The third-order valence-corrected chi connectivity index (χ3v) is 3.87. The fourth-order valence-corrected chi connectivity index (χ4v) is 2.66. The van der Waals surface area contributed by atoms with Crippen molar-refractivity contribution in [2.45, 2.75) is 12.5 Å². The molecule has 0 saturated carbocycles. The first-order valence-corrected chi connectivity index (χ1v) is 8.07. The van der Waals surface area contributed by atoms with Gasteiger partial charge in [0.15, 0.2) is 0 Å². The highest BCUT2D eigenvalue weighted by atomic mass is 32.1. The molecule has 0 radical (unpaired) electrons. The molecule has 1 atom stereocenters. The van der Waals surface area contributed by atoms with E-state index < -0.39 is 11.6 Å². The van der Waals surface area contributed by atoms with Crippen LogP contribution < -0.4 is 15.4 Å². The van der Waals surface area contributed by atoms with Gasteiger partial charge >= 0.3 is 6.03 Å². The van der Waals surface area contributed by atoms with Gasteiger partial charge in [0, 0.05) is 6.07 Å². The van der Waals surface area contributed by atoms with Crippen LogP contribution in [0.2, 0.25) is 0 Å². The summed E-state index contributed by atoms with van der Waals surface area (Å²) in [7, 11) is 0. The number of hydrogen-bond acceptors (Lipinski definition) is 4. The number of amides is 2. The van der Waals surface area contributed by atoms with Crippen molar-refractivity contribution in [1.29, 1.82) is 0 Å². The van der Waals surface area contributed by atoms with Crippen LogP contribution in [0.25, 0.3) is 0 Å². The van der Waals surface area contributed by atoms with Crippen LogP contribution in [-0.2, 0) is 5.60 Å². The first kappa shape index (κ1) is 17.2. The summed E-state index contributed by atoms with van der Waals surface area (Å²) in [5.74, 6) is 0.0384. The predicted molar refractivity (Wildman–Crippen MR) is 87.2 cm³/mol. The monoisotopic (exact) mass is 338 g/mol. The Morgan fingerprint density at radius 2 is 2.22 bits per heavy atom. The van der Waals surface area contributed by atoms with Gasteiger partial charge in [-0.15, -0.1) is 0 Å². The Morgan fingerprint density at radius 1 is 1.39 bits per heavy atom. The van der Waals surface area contributed by atoms with Gasteiger partial charge < -0.3 is 20.5 Å². The largest absolute Gasteiger partial charge is 0.492 e. The Balaban J connectivity index is 1.65. The van der Waals surface area contributed by atoms with Crippen LogP contribution in [0.3, 0.4) is 0 Å². The molecular weight excluding hydrogens is 319 g/mol. The zero-order valence-corrected chi connectivity index (χ0v) is 13.5. The summed E-state index contributed by atoms with van der Waals surface area (Å²) in [5.41, 5.74) is -0.354. The molecule has 0 saturated heterocycles. The molecule has 3 N–H and O–H groups in total. The summed E-state index contributed by atoms with van der Waals surface area (Å²) in [4.78, 5) is 11.7. The molecule has 5 nitrogen and oxygen atoms in total. The molecule has 0 unspecified atom stereocenters. The zero-order valence-electron chi connectivity index (χ0n) is 12.7. The van der Waals surface area contributed by atoms with Crippen LogP contribution in [-0.4, -0.2) is 30.8 Å². The second-order valence-electron chi connectivity index (χ2n) is 5.20. The van der Waals surface area contributed by atoms with Gasteiger partial charge in [0.05, 0.1) is 13.1 Å². The maximum Gasteiger partial charge on any atom is 0.315 e. The minimum atomic E-state index is -1.12. The van der Waals surface area contributed by atoms with Crippen molar-refractivity contribution < 1.29 is 19.0 Å². The summed E-state index contributed by atoms with van der Waals surface area (Å²) < 4.78 is 18.3. The van der Waals surface area contributed by atoms with Gasteiger partial charge in [0.1, 0.15) is 23.8 Å². The Labute approximate surface area is 138 Å². The summed E-state index contributed by atoms with van der Waals surface area (Å²) in [6.45, 7) is 2.23. The van der Waals surface area contributed by atoms with Gasteiger partial charge in [-0.2, -0.15) is 11.3 Å². The van der Waals surface area contributed by atoms with Crippen LogP contribution in [0, 0.1) is 5.82 Å². The van der Waals surface area contributed by atoms with E-state index in [0.717, 1.165) is 5.56 Å². The number of thiophene rings is 1. The second-order valence-corrected chi connectivity index (χ2v) is 5.98. The number of aliphatic hydroxyl groups is 1. The lowest BCUT2D eigenvalue weighted by Crippen LogP contribution is -2.44. The van der Waals surface area contributed by atoms with E-state index in [0.29, 0.717) is 5.75 Å². The molecule has 2 amide bonds. The zero-order chi connectivity index (χ0) is 16.7. The highest BCUT2D eigenvalue weighted by Crippen LogP contribution is 2.21. The van der Waals surface area contributed by atoms with Crippen molar-refractivity contribution in [3.8, 4) is 5.75 Å². The molecule has 1 aromatic carbocycles. The fraction of sp³-hybridized carbons (Fsp3) is 0.312. The van der Waals surface area contributed by atoms with Crippen molar-refractivity contribution >= 4 is 17.4 Å². The number of halogens is 1. The van der Waals surface area contributed by atoms with Crippen LogP contribution in [0.15, 0.2) is 41.1 Å². The predicted octanol–water partition coefficient (Wildman–Crippen LogP) is 2.47. The van der Waals surface area contributed by atoms with Gasteiger partial charge in [-0.25, -0.2) is 9.18 Å². The van der Waals surface area contributed by atoms with Gasteiger partial charge in [-0.1, -0.05) is 6.07 Å². The molecule has 124 valence electrons. The van der Waals surface area contributed by atoms with Crippen LogP contribution in [0.5, 0.6) is 5.75 Å². The van der Waals surface area contributed by atoms with Crippen molar-refractivity contribution in [1.82, 2.24) is 10.6 Å². The maximum atomic E-state index is 13.0. The van der Waals surface area contributed by atoms with Gasteiger partial charge in [0.25, 0.3) is 0 Å². The van der Waals surface area contributed by atoms with E-state index in [1.807, 2.05) is 16.8 Å². The molecule has 23 heavy (non-hydrogen) atoms. The average Bonchev–Trinajstić information content (AvgIpc) is 3.05. The van der Waals surface area contributed by atoms with Crippen LogP contribution >= 0.6 is 11.3 Å². The summed E-state index contributed by atoms with van der Waals surface area (Å²) >= 11 is 1.48. The van der Waals surface area contributed by atoms with Gasteiger partial charge in [0.2, 0.25) is 0 Å². The number of nitrogens with one attached hydrogen (secondary N) is 2. The van der Waals surface area contributed by atoms with E-state index in [-0.39, 0.29) is 25.5 Å². The Kier molecular flexibility index (Phi) is 5.95. The van der Waals surface area contributed by atoms with Crippen molar-refractivity contribution in [3.63, 3.8) is 0 Å². The van der Waals surface area contributed by atoms with Crippen molar-refractivity contribution in [2.24, 2.45) is 0 Å². The molecular formula is C16H19FN2O3S. The minimum absolute atomic E-state index is 0.0975. The molecule has 0 bridgehead atoms. The molecule has 0 spiro atoms. The van der Waals surface area contributed by atoms with E-state index in [1.165, 1.54) is 23.5 Å². The summed E-state index contributed by atoms with van der Waals surface area (Å²) in [5, 5.41) is 19.2. The lowest BCUT2D eigenvalue weighted by atomic mass is 9.99. The van der Waals surface area contributed by atoms with E-state index in [9.17, 15) is 14.3 Å². The second kappa shape index (κ2) is 7.94. The van der Waals surface area contributed by atoms with Gasteiger partial charge in [-0.3, -0.25) is 0 Å². The summed E-state index contributed by atoms with van der Waals surface area (Å²) in [6, 6.07) is 7.22. The molecule has 0 fully saturated rings. The molecule has 2 rings (SSSR count). The lowest BCUT2D eigenvalue weighted by Gasteiger charge is -2.22. The molecule has 1 aromatic heterocycles. The maximum absolute atomic E-state index is 13.0. The quantitative estimate of drug-likeness (QED) is 0.679. The van der Waals surface area contributed by atoms with Gasteiger partial charge in [-0.05, 0) is 41.4 Å². The molecule has 7 heteroatoms. The third kappa shape index (κ3) is 5.54. The van der Waals surface area contributed by atoms with E-state index in [4.69, 9.17) is 4.74 Å². The number of urea groups is 1. The third-order valence-electron chi connectivity index (χ3n) is 3.19. The summed E-state index contributed by atoms with van der Waals surface area (Å²) in [6.07, 6.45) is 0. The Bertz CT molecular complexity index is 632. The first-order valence-electron chi connectivity index (χ1n) is 7.12. The average molecular weight is 338 g/mol. The number of carbonyl (C=O) groups is 1. The highest BCUT2D eigenvalue weighted by molar-refractivity contribution is 7.08. The Hall–Kier alpha value is -2.12. The number of benzene rings is 1. The smallest absolute Gasteiger partial charge is 0.315 e. The van der Waals surface area contributed by atoms with Crippen molar-refractivity contribution in [2.75, 3.05) is 19.7 Å². The van der Waals surface area contributed by atoms with Crippen LogP contribution in [0.4, 0.5) is 9.18 Å². The fourth-order valence-electron chi connectivity index (χ4n) is 1.88. The first-order chi connectivity index (χ1) is 11.0. The molecule has 0 aliphatic rings. The normalized spacial score (nSPS) is 13.2. The molecule has 1 heterocycles. The van der Waals surface area contributed by atoms with E-state index in [1.54, 1.807) is 19.1 Å². The Morgan fingerprint density at radius 3 is 2.91 bits per heavy atom. The topological polar surface area (TPSA) is 70.6 Å². The number of hydrogen-bond donors (Lipinski definition) is 3.